The molecule has 5 nitrogen and oxygen atoms in total. The Bertz CT molecular complexity index is 454. The Morgan fingerprint density at radius 2 is 2.24 bits per heavy atom. The van der Waals surface area contributed by atoms with Gasteiger partial charge in [0.2, 0.25) is 5.91 Å². The van der Waals surface area contributed by atoms with Crippen LogP contribution in [0.15, 0.2) is 47.2 Å². The molecule has 0 aromatic carbocycles. The van der Waals surface area contributed by atoms with Crippen LogP contribution in [0.4, 0.5) is 5.82 Å². The standard InChI is InChI=1S/C12H13N3O2/c16-12(15-8-10-4-3-7-17-10)9-14-11-5-1-2-6-13-11/h1-7H,8-9H2,(H,13,14)(H,15,16). The van der Waals surface area contributed by atoms with Crippen LogP contribution >= 0.6 is 0 Å². The molecule has 5 heteroatoms. The molecule has 88 valence electrons. The van der Waals surface area contributed by atoms with Crippen LogP contribution in [0.25, 0.3) is 0 Å². The number of nitrogens with zero attached hydrogens (tertiary/aromatic N) is 1. The van der Waals surface area contributed by atoms with E-state index < -0.39 is 0 Å². The van der Waals surface area contributed by atoms with Gasteiger partial charge < -0.3 is 15.1 Å². The van der Waals surface area contributed by atoms with E-state index in [1.54, 1.807) is 24.6 Å². The monoisotopic (exact) mass is 231 g/mol. The van der Waals surface area contributed by atoms with Crippen molar-refractivity contribution in [2.75, 3.05) is 11.9 Å². The molecule has 0 spiro atoms. The lowest BCUT2D eigenvalue weighted by atomic mass is 10.4. The van der Waals surface area contributed by atoms with Gasteiger partial charge >= 0.3 is 0 Å². The molecule has 0 bridgehead atoms. The van der Waals surface area contributed by atoms with Gasteiger partial charge in [-0.2, -0.15) is 0 Å². The van der Waals surface area contributed by atoms with Gasteiger partial charge in [0, 0.05) is 6.20 Å². The molecule has 0 aliphatic rings. The Kier molecular flexibility index (Phi) is 3.75. The van der Waals surface area contributed by atoms with Crippen molar-refractivity contribution in [3.8, 4) is 0 Å². The van der Waals surface area contributed by atoms with Gasteiger partial charge in [0.05, 0.1) is 19.4 Å². The van der Waals surface area contributed by atoms with Gasteiger partial charge in [-0.25, -0.2) is 4.98 Å². The lowest BCUT2D eigenvalue weighted by molar-refractivity contribution is -0.119. The number of hydrogen-bond acceptors (Lipinski definition) is 4. The third-order valence-electron chi connectivity index (χ3n) is 2.13. The predicted octanol–water partition coefficient (Wildman–Crippen LogP) is 1.40. The molecule has 0 saturated heterocycles. The van der Waals surface area contributed by atoms with Crippen LogP contribution in [-0.2, 0) is 11.3 Å². The average molecular weight is 231 g/mol. The van der Waals surface area contributed by atoms with E-state index in [4.69, 9.17) is 4.42 Å². The van der Waals surface area contributed by atoms with E-state index in [1.165, 1.54) is 0 Å². The second-order valence-electron chi connectivity index (χ2n) is 3.42. The fraction of sp³-hybridized carbons (Fsp3) is 0.167. The van der Waals surface area contributed by atoms with E-state index >= 15 is 0 Å². The number of amides is 1. The topological polar surface area (TPSA) is 67.2 Å². The average Bonchev–Trinajstić information content (AvgIpc) is 2.88. The number of anilines is 1. The Balaban J connectivity index is 1.71. The molecule has 2 aromatic heterocycles. The maximum absolute atomic E-state index is 11.5. The minimum absolute atomic E-state index is 0.105. The van der Waals surface area contributed by atoms with Crippen LogP contribution in [0.2, 0.25) is 0 Å². The zero-order chi connectivity index (χ0) is 11.9. The molecular weight excluding hydrogens is 218 g/mol. The first-order chi connectivity index (χ1) is 8.34. The van der Waals surface area contributed by atoms with Crippen molar-refractivity contribution in [3.63, 3.8) is 0 Å². The summed E-state index contributed by atoms with van der Waals surface area (Å²) in [6, 6.07) is 9.08. The zero-order valence-electron chi connectivity index (χ0n) is 9.22. The Labute approximate surface area is 98.9 Å². The molecule has 1 amide bonds. The molecule has 0 fully saturated rings. The van der Waals surface area contributed by atoms with Crippen molar-refractivity contribution in [1.82, 2.24) is 10.3 Å². The van der Waals surface area contributed by atoms with Crippen LogP contribution < -0.4 is 10.6 Å². The van der Waals surface area contributed by atoms with Gasteiger partial charge in [0.15, 0.2) is 0 Å². The minimum atomic E-state index is -0.105. The highest BCUT2D eigenvalue weighted by atomic mass is 16.3. The van der Waals surface area contributed by atoms with Crippen LogP contribution in [-0.4, -0.2) is 17.4 Å². The fourth-order valence-electron chi connectivity index (χ4n) is 1.30. The van der Waals surface area contributed by atoms with Crippen LogP contribution in [0.3, 0.4) is 0 Å². The van der Waals surface area contributed by atoms with Gasteiger partial charge in [-0.3, -0.25) is 4.79 Å². The first-order valence-corrected chi connectivity index (χ1v) is 5.28. The smallest absolute Gasteiger partial charge is 0.239 e. The second kappa shape index (κ2) is 5.69. The summed E-state index contributed by atoms with van der Waals surface area (Å²) in [6.45, 7) is 0.591. The van der Waals surface area contributed by atoms with Crippen molar-refractivity contribution < 1.29 is 9.21 Å². The highest BCUT2D eigenvalue weighted by Crippen LogP contribution is 2.00. The summed E-state index contributed by atoms with van der Waals surface area (Å²) in [5, 5.41) is 5.65. The highest BCUT2D eigenvalue weighted by Gasteiger charge is 2.02. The Hall–Kier alpha value is -2.30. The summed E-state index contributed by atoms with van der Waals surface area (Å²) in [6.07, 6.45) is 3.25. The predicted molar refractivity (Wildman–Crippen MR) is 63.3 cm³/mol. The molecule has 17 heavy (non-hydrogen) atoms. The number of carbonyl (C=O) groups excluding carboxylic acids is 1. The maximum atomic E-state index is 11.5. The lowest BCUT2D eigenvalue weighted by Crippen LogP contribution is -2.29. The third-order valence-corrected chi connectivity index (χ3v) is 2.13. The lowest BCUT2D eigenvalue weighted by Gasteiger charge is -2.05. The summed E-state index contributed by atoms with van der Waals surface area (Å²) in [7, 11) is 0. The molecule has 2 heterocycles. The summed E-state index contributed by atoms with van der Waals surface area (Å²) in [5.74, 6) is 1.31. The number of furan rings is 1. The van der Waals surface area contributed by atoms with Gasteiger partial charge in [-0.05, 0) is 24.3 Å². The highest BCUT2D eigenvalue weighted by molar-refractivity contribution is 5.80. The van der Waals surface area contributed by atoms with Crippen LogP contribution in [0, 0.1) is 0 Å². The molecule has 0 atom stereocenters. The van der Waals surface area contributed by atoms with Crippen molar-refractivity contribution >= 4 is 11.7 Å². The van der Waals surface area contributed by atoms with Crippen LogP contribution in [0.5, 0.6) is 0 Å². The molecule has 0 aliphatic heterocycles. The van der Waals surface area contributed by atoms with Gasteiger partial charge in [-0.15, -0.1) is 0 Å². The number of carbonyl (C=O) groups is 1. The third kappa shape index (κ3) is 3.64. The first kappa shape index (κ1) is 11.2. The van der Waals surface area contributed by atoms with E-state index in [0.717, 1.165) is 5.76 Å². The van der Waals surface area contributed by atoms with E-state index in [-0.39, 0.29) is 12.5 Å². The quantitative estimate of drug-likeness (QED) is 0.816. The van der Waals surface area contributed by atoms with Gasteiger partial charge in [-0.1, -0.05) is 6.07 Å². The second-order valence-corrected chi connectivity index (χ2v) is 3.42. The first-order valence-electron chi connectivity index (χ1n) is 5.28. The molecule has 2 N–H and O–H groups in total. The van der Waals surface area contributed by atoms with E-state index in [9.17, 15) is 4.79 Å². The summed E-state index contributed by atoms with van der Waals surface area (Å²) >= 11 is 0. The Morgan fingerprint density at radius 1 is 1.29 bits per heavy atom. The fourth-order valence-corrected chi connectivity index (χ4v) is 1.30. The molecule has 0 radical (unpaired) electrons. The number of rotatable bonds is 5. The van der Waals surface area contributed by atoms with E-state index in [1.807, 2.05) is 18.2 Å². The molecule has 2 aromatic rings. The minimum Gasteiger partial charge on any atom is -0.467 e. The summed E-state index contributed by atoms with van der Waals surface area (Å²) in [5.41, 5.74) is 0. The number of pyridine rings is 1. The summed E-state index contributed by atoms with van der Waals surface area (Å²) in [4.78, 5) is 15.5. The summed E-state index contributed by atoms with van der Waals surface area (Å²) < 4.78 is 5.10. The SMILES string of the molecule is O=C(CNc1ccccn1)NCc1ccco1. The van der Waals surface area contributed by atoms with Gasteiger partial charge in [0.25, 0.3) is 0 Å². The normalized spacial score (nSPS) is 9.88. The van der Waals surface area contributed by atoms with Gasteiger partial charge in [0.1, 0.15) is 11.6 Å². The molecule has 0 aliphatic carbocycles. The zero-order valence-corrected chi connectivity index (χ0v) is 9.22. The number of hydrogen-bond donors (Lipinski definition) is 2. The largest absolute Gasteiger partial charge is 0.467 e. The van der Waals surface area contributed by atoms with E-state index in [0.29, 0.717) is 12.4 Å². The van der Waals surface area contributed by atoms with Crippen molar-refractivity contribution in [1.29, 1.82) is 0 Å². The molecule has 0 unspecified atom stereocenters. The van der Waals surface area contributed by atoms with Crippen LogP contribution in [0.1, 0.15) is 5.76 Å². The molecule has 0 saturated carbocycles. The Morgan fingerprint density at radius 3 is 2.94 bits per heavy atom. The number of aromatic nitrogens is 1. The molecular formula is C12H13N3O2. The van der Waals surface area contributed by atoms with Crippen molar-refractivity contribution in [2.45, 2.75) is 6.54 Å². The number of nitrogens with one attached hydrogen (secondary N) is 2. The molecule has 2 rings (SSSR count). The van der Waals surface area contributed by atoms with Crippen molar-refractivity contribution in [3.05, 3.63) is 48.6 Å². The maximum Gasteiger partial charge on any atom is 0.239 e. The van der Waals surface area contributed by atoms with Crippen molar-refractivity contribution in [2.24, 2.45) is 0 Å². The van der Waals surface area contributed by atoms with E-state index in [2.05, 4.69) is 15.6 Å².